The van der Waals surface area contributed by atoms with Gasteiger partial charge in [0.25, 0.3) is 0 Å². The summed E-state index contributed by atoms with van der Waals surface area (Å²) in [6.07, 6.45) is 5.11. The molecule has 7 heteroatoms. The molecule has 23 heavy (non-hydrogen) atoms. The van der Waals surface area contributed by atoms with Gasteiger partial charge in [-0.25, -0.2) is 0 Å². The summed E-state index contributed by atoms with van der Waals surface area (Å²) in [5, 5.41) is 8.92. The first kappa shape index (κ1) is 21.5. The molecule has 0 bridgehead atoms. The number of imide groups is 1. The topological polar surface area (TPSA) is 127 Å². The van der Waals surface area contributed by atoms with Gasteiger partial charge in [0.1, 0.15) is 6.54 Å². The quantitative estimate of drug-likeness (QED) is 0.462. The van der Waals surface area contributed by atoms with E-state index in [0.29, 0.717) is 12.8 Å². The van der Waals surface area contributed by atoms with Gasteiger partial charge in [-0.1, -0.05) is 39.5 Å². The lowest BCUT2D eigenvalue weighted by Gasteiger charge is -2.22. The number of unbranched alkanes of at least 4 members (excludes halogenated alkanes) is 2. The van der Waals surface area contributed by atoms with Crippen molar-refractivity contribution in [3.63, 3.8) is 0 Å². The molecule has 0 aliphatic rings. The van der Waals surface area contributed by atoms with Crippen LogP contribution in [0.2, 0.25) is 0 Å². The van der Waals surface area contributed by atoms with Crippen molar-refractivity contribution < 1.29 is 19.5 Å². The van der Waals surface area contributed by atoms with Gasteiger partial charge < -0.3 is 16.6 Å². The normalized spacial score (nSPS) is 13.4. The van der Waals surface area contributed by atoms with Crippen LogP contribution in [0.1, 0.15) is 65.2 Å². The van der Waals surface area contributed by atoms with Crippen molar-refractivity contribution in [2.24, 2.45) is 11.5 Å². The summed E-state index contributed by atoms with van der Waals surface area (Å²) in [4.78, 5) is 36.1. The van der Waals surface area contributed by atoms with Crippen molar-refractivity contribution in [1.29, 1.82) is 0 Å². The van der Waals surface area contributed by atoms with Gasteiger partial charge in [-0.3, -0.25) is 19.3 Å². The summed E-state index contributed by atoms with van der Waals surface area (Å²) in [5.74, 6) is -2.31. The Morgan fingerprint density at radius 1 is 0.913 bits per heavy atom. The van der Waals surface area contributed by atoms with Gasteiger partial charge in [-0.2, -0.15) is 0 Å². The number of nitrogens with zero attached hydrogens (tertiary/aromatic N) is 1. The van der Waals surface area contributed by atoms with E-state index in [4.69, 9.17) is 16.6 Å². The Bertz CT molecular complexity index is 388. The van der Waals surface area contributed by atoms with E-state index in [1.54, 1.807) is 0 Å². The Hall–Kier alpha value is -1.47. The number of nitrogens with two attached hydrogens (primary N) is 2. The fourth-order valence-corrected chi connectivity index (χ4v) is 2.35. The van der Waals surface area contributed by atoms with Crippen molar-refractivity contribution in [3.8, 4) is 0 Å². The smallest absolute Gasteiger partial charge is 0.323 e. The summed E-state index contributed by atoms with van der Waals surface area (Å²) in [7, 11) is 0. The van der Waals surface area contributed by atoms with Crippen LogP contribution in [-0.4, -0.2) is 46.4 Å². The molecule has 0 aliphatic heterocycles. The summed E-state index contributed by atoms with van der Waals surface area (Å²) in [6.45, 7) is 3.38. The zero-order valence-corrected chi connectivity index (χ0v) is 14.3. The third-order valence-electron chi connectivity index (χ3n) is 3.61. The average molecular weight is 329 g/mol. The third kappa shape index (κ3) is 10.0. The van der Waals surface area contributed by atoms with Gasteiger partial charge in [0.05, 0.1) is 0 Å². The first-order valence-electron chi connectivity index (χ1n) is 8.37. The zero-order valence-electron chi connectivity index (χ0n) is 14.3. The first-order valence-corrected chi connectivity index (χ1v) is 8.37. The number of rotatable bonds is 12. The highest BCUT2D eigenvalue weighted by Gasteiger charge is 2.26. The minimum atomic E-state index is -1.23. The van der Waals surface area contributed by atoms with E-state index in [2.05, 4.69) is 6.92 Å². The third-order valence-corrected chi connectivity index (χ3v) is 3.61. The molecule has 134 valence electrons. The molecule has 0 heterocycles. The predicted molar refractivity (Wildman–Crippen MR) is 88.6 cm³/mol. The molecule has 0 aromatic carbocycles. The fraction of sp³-hybridized carbons (Fsp3) is 0.812. The molecule has 7 nitrogen and oxygen atoms in total. The molecule has 2 amide bonds. The SMILES string of the molecule is CCCCC[C@H](N)CC(=O)N(CC(=O)O)C(=O)C[C@@H](N)CCC. The molecule has 0 fully saturated rings. The van der Waals surface area contributed by atoms with Crippen LogP contribution < -0.4 is 11.5 Å². The second kappa shape index (κ2) is 12.0. The Balaban J connectivity index is 4.65. The molecule has 0 spiro atoms. The first-order chi connectivity index (χ1) is 10.8. The number of carbonyl (C=O) groups is 3. The van der Waals surface area contributed by atoms with Crippen molar-refractivity contribution in [1.82, 2.24) is 4.90 Å². The monoisotopic (exact) mass is 329 g/mol. The van der Waals surface area contributed by atoms with Crippen molar-refractivity contribution >= 4 is 17.8 Å². The Morgan fingerprint density at radius 2 is 1.43 bits per heavy atom. The Kier molecular flexibility index (Phi) is 11.2. The van der Waals surface area contributed by atoms with E-state index < -0.39 is 24.3 Å². The highest BCUT2D eigenvalue weighted by atomic mass is 16.4. The van der Waals surface area contributed by atoms with Crippen molar-refractivity contribution in [2.75, 3.05) is 6.54 Å². The molecule has 0 saturated heterocycles. The highest BCUT2D eigenvalue weighted by Crippen LogP contribution is 2.09. The van der Waals surface area contributed by atoms with E-state index in [0.717, 1.165) is 30.6 Å². The molecular formula is C16H31N3O4. The van der Waals surface area contributed by atoms with Crippen LogP contribution in [0.3, 0.4) is 0 Å². The number of aliphatic carboxylic acids is 1. The number of hydrogen-bond acceptors (Lipinski definition) is 5. The molecular weight excluding hydrogens is 298 g/mol. The van der Waals surface area contributed by atoms with Crippen LogP contribution >= 0.6 is 0 Å². The molecule has 0 aromatic heterocycles. The van der Waals surface area contributed by atoms with E-state index in [-0.39, 0.29) is 24.9 Å². The Morgan fingerprint density at radius 3 is 1.87 bits per heavy atom. The maximum atomic E-state index is 12.2. The molecule has 0 unspecified atom stereocenters. The van der Waals surface area contributed by atoms with Crippen LogP contribution in [-0.2, 0) is 14.4 Å². The van der Waals surface area contributed by atoms with Crippen LogP contribution in [0, 0.1) is 0 Å². The second-order valence-electron chi connectivity index (χ2n) is 5.98. The van der Waals surface area contributed by atoms with E-state index in [9.17, 15) is 14.4 Å². The molecule has 0 saturated carbocycles. The van der Waals surface area contributed by atoms with Gasteiger partial charge in [0.2, 0.25) is 11.8 Å². The van der Waals surface area contributed by atoms with Gasteiger partial charge in [-0.15, -0.1) is 0 Å². The van der Waals surface area contributed by atoms with E-state index in [1.165, 1.54) is 0 Å². The van der Waals surface area contributed by atoms with E-state index >= 15 is 0 Å². The van der Waals surface area contributed by atoms with E-state index in [1.807, 2.05) is 6.92 Å². The fourth-order valence-electron chi connectivity index (χ4n) is 2.35. The number of hydrogen-bond donors (Lipinski definition) is 3. The summed E-state index contributed by atoms with van der Waals surface area (Å²) in [5.41, 5.74) is 11.7. The molecule has 5 N–H and O–H groups in total. The number of carboxylic acids is 1. The molecule has 0 radical (unpaired) electrons. The summed E-state index contributed by atoms with van der Waals surface area (Å²) in [6, 6.07) is -0.725. The summed E-state index contributed by atoms with van der Waals surface area (Å²) >= 11 is 0. The number of carbonyl (C=O) groups excluding carboxylic acids is 2. The second-order valence-corrected chi connectivity index (χ2v) is 5.98. The predicted octanol–water partition coefficient (Wildman–Crippen LogP) is 1.24. The standard InChI is InChI=1S/C16H31N3O4/c1-3-5-6-8-13(18)10-15(21)19(11-16(22)23)14(20)9-12(17)7-4-2/h12-13H,3-11,17-18H2,1-2H3,(H,22,23)/t12-,13-/m0/s1. The lowest BCUT2D eigenvalue weighted by Crippen LogP contribution is -2.44. The lowest BCUT2D eigenvalue weighted by molar-refractivity contribution is -0.153. The Labute approximate surface area is 138 Å². The van der Waals surface area contributed by atoms with Gasteiger partial charge >= 0.3 is 5.97 Å². The minimum Gasteiger partial charge on any atom is -0.480 e. The van der Waals surface area contributed by atoms with Crippen molar-refractivity contribution in [2.45, 2.75) is 77.3 Å². The maximum Gasteiger partial charge on any atom is 0.323 e. The van der Waals surface area contributed by atoms with Crippen molar-refractivity contribution in [3.05, 3.63) is 0 Å². The number of amides is 2. The lowest BCUT2D eigenvalue weighted by atomic mass is 10.0. The number of carboxylic acid groups (broad SMARTS) is 1. The van der Waals surface area contributed by atoms with Crippen LogP contribution in [0.4, 0.5) is 0 Å². The van der Waals surface area contributed by atoms with Gasteiger partial charge in [0, 0.05) is 24.9 Å². The highest BCUT2D eigenvalue weighted by molar-refractivity contribution is 5.98. The maximum absolute atomic E-state index is 12.2. The largest absolute Gasteiger partial charge is 0.480 e. The minimum absolute atomic E-state index is 0.0221. The van der Waals surface area contributed by atoms with Gasteiger partial charge in [0.15, 0.2) is 0 Å². The van der Waals surface area contributed by atoms with Gasteiger partial charge in [-0.05, 0) is 12.8 Å². The van der Waals surface area contributed by atoms with Crippen LogP contribution in [0.5, 0.6) is 0 Å². The van der Waals surface area contributed by atoms with Crippen LogP contribution in [0.15, 0.2) is 0 Å². The summed E-state index contributed by atoms with van der Waals surface area (Å²) < 4.78 is 0. The molecule has 0 rings (SSSR count). The zero-order chi connectivity index (χ0) is 17.8. The van der Waals surface area contributed by atoms with Crippen LogP contribution in [0.25, 0.3) is 0 Å². The molecule has 2 atom stereocenters. The average Bonchev–Trinajstić information content (AvgIpc) is 2.44. The molecule has 0 aliphatic carbocycles. The molecule has 0 aromatic rings.